The van der Waals surface area contributed by atoms with Gasteiger partial charge in [-0.05, 0) is 12.5 Å². The number of rotatable bonds is 6. The number of para-hydroxylation sites is 1. The molecule has 3 rings (SSSR count). The van der Waals surface area contributed by atoms with Gasteiger partial charge in [0.2, 0.25) is 0 Å². The van der Waals surface area contributed by atoms with E-state index in [0.29, 0.717) is 24.9 Å². The largest absolute Gasteiger partial charge is 0.463 e. The smallest absolute Gasteiger partial charge is 0.261 e. The highest BCUT2D eigenvalue weighted by Gasteiger charge is 2.18. The number of hydrogen-bond acceptors (Lipinski definition) is 6. The molecule has 2 N–H and O–H groups in total. The summed E-state index contributed by atoms with van der Waals surface area (Å²) in [5, 5.41) is 4.86. The third-order valence-electron chi connectivity index (χ3n) is 3.13. The third kappa shape index (κ3) is 2.81. The Kier molecular flexibility index (Phi) is 3.98. The van der Waals surface area contributed by atoms with Gasteiger partial charge < -0.3 is 19.4 Å². The van der Waals surface area contributed by atoms with Crippen molar-refractivity contribution in [2.45, 2.75) is 19.4 Å². The predicted octanol–water partition coefficient (Wildman–Crippen LogP) is 2.91. The number of fused-ring (bicyclic) bond motifs is 1. The van der Waals surface area contributed by atoms with Gasteiger partial charge in [0.05, 0.1) is 18.2 Å². The summed E-state index contributed by atoms with van der Waals surface area (Å²) in [6, 6.07) is 7.29. The van der Waals surface area contributed by atoms with Crippen molar-refractivity contribution in [2.24, 2.45) is 5.73 Å². The molecule has 0 fully saturated rings. The summed E-state index contributed by atoms with van der Waals surface area (Å²) in [7, 11) is 0. The van der Waals surface area contributed by atoms with Crippen molar-refractivity contribution in [3.8, 4) is 11.5 Å². The molecule has 0 aliphatic carbocycles. The molecule has 1 unspecified atom stereocenters. The molecule has 6 heteroatoms. The Morgan fingerprint density at radius 2 is 2.19 bits per heavy atom. The van der Waals surface area contributed by atoms with Crippen LogP contribution in [0.4, 0.5) is 0 Å². The Hall–Kier alpha value is -2.18. The van der Waals surface area contributed by atoms with Crippen molar-refractivity contribution in [1.82, 2.24) is 10.1 Å². The number of benzene rings is 1. The summed E-state index contributed by atoms with van der Waals surface area (Å²) in [5.74, 6) is 0.840. The van der Waals surface area contributed by atoms with E-state index in [4.69, 9.17) is 19.4 Å². The minimum absolute atomic E-state index is 0.374. The van der Waals surface area contributed by atoms with Gasteiger partial charge in [0.1, 0.15) is 11.8 Å². The monoisotopic (exact) mass is 287 g/mol. The van der Waals surface area contributed by atoms with Crippen LogP contribution in [0.2, 0.25) is 0 Å². The minimum Gasteiger partial charge on any atom is -0.463 e. The first-order valence-electron chi connectivity index (χ1n) is 6.93. The molecule has 1 atom stereocenters. The summed E-state index contributed by atoms with van der Waals surface area (Å²) < 4.78 is 16.2. The van der Waals surface area contributed by atoms with Crippen LogP contribution in [0.3, 0.4) is 0 Å². The molecule has 0 bridgehead atoms. The zero-order valence-corrected chi connectivity index (χ0v) is 11.8. The molecule has 0 aliphatic heterocycles. The van der Waals surface area contributed by atoms with Crippen LogP contribution in [-0.2, 0) is 4.74 Å². The maximum atomic E-state index is 5.98. The van der Waals surface area contributed by atoms with Gasteiger partial charge in [-0.1, -0.05) is 30.3 Å². The van der Waals surface area contributed by atoms with Gasteiger partial charge in [-0.2, -0.15) is 4.98 Å². The Morgan fingerprint density at radius 3 is 3.05 bits per heavy atom. The number of furan rings is 1. The summed E-state index contributed by atoms with van der Waals surface area (Å²) >= 11 is 0. The standard InChI is InChI=1S/C15H17N3O3/c1-2-7-19-9-12(16)14-17-15(21-18-14)11-8-20-13-6-4-3-5-10(11)13/h3-6,8,12H,2,7,9,16H2,1H3. The van der Waals surface area contributed by atoms with E-state index >= 15 is 0 Å². The fourth-order valence-electron chi connectivity index (χ4n) is 2.07. The van der Waals surface area contributed by atoms with E-state index < -0.39 is 6.04 Å². The van der Waals surface area contributed by atoms with Crippen molar-refractivity contribution >= 4 is 11.0 Å². The van der Waals surface area contributed by atoms with E-state index in [9.17, 15) is 0 Å². The van der Waals surface area contributed by atoms with Crippen LogP contribution in [0.15, 0.2) is 39.5 Å². The predicted molar refractivity (Wildman–Crippen MR) is 77.5 cm³/mol. The Labute approximate surface area is 121 Å². The first-order chi connectivity index (χ1) is 10.3. The van der Waals surface area contributed by atoms with Crippen LogP contribution in [0, 0.1) is 0 Å². The highest BCUT2D eigenvalue weighted by atomic mass is 16.5. The average molecular weight is 287 g/mol. The topological polar surface area (TPSA) is 87.3 Å². The fourth-order valence-corrected chi connectivity index (χ4v) is 2.07. The number of nitrogens with two attached hydrogens (primary N) is 1. The lowest BCUT2D eigenvalue weighted by Gasteiger charge is -2.06. The first kappa shape index (κ1) is 13.8. The second-order valence-electron chi connectivity index (χ2n) is 4.78. The zero-order valence-electron chi connectivity index (χ0n) is 11.8. The molecular weight excluding hydrogens is 270 g/mol. The van der Waals surface area contributed by atoms with Crippen LogP contribution in [0.5, 0.6) is 0 Å². The van der Waals surface area contributed by atoms with Crippen molar-refractivity contribution < 1.29 is 13.7 Å². The third-order valence-corrected chi connectivity index (χ3v) is 3.13. The molecule has 21 heavy (non-hydrogen) atoms. The van der Waals surface area contributed by atoms with Crippen molar-refractivity contribution in [1.29, 1.82) is 0 Å². The Morgan fingerprint density at radius 1 is 1.33 bits per heavy atom. The SMILES string of the molecule is CCCOCC(N)c1noc(-c2coc3ccccc23)n1. The highest BCUT2D eigenvalue weighted by Crippen LogP contribution is 2.29. The van der Waals surface area contributed by atoms with E-state index in [2.05, 4.69) is 10.1 Å². The molecule has 110 valence electrons. The van der Waals surface area contributed by atoms with Gasteiger partial charge in [-0.3, -0.25) is 0 Å². The van der Waals surface area contributed by atoms with Gasteiger partial charge in [0.25, 0.3) is 5.89 Å². The zero-order chi connectivity index (χ0) is 14.7. The maximum absolute atomic E-state index is 5.98. The second kappa shape index (κ2) is 6.07. The number of hydrogen-bond donors (Lipinski definition) is 1. The van der Waals surface area contributed by atoms with Crippen LogP contribution >= 0.6 is 0 Å². The summed E-state index contributed by atoms with van der Waals surface area (Å²) in [5.41, 5.74) is 7.53. The van der Waals surface area contributed by atoms with Crippen LogP contribution in [0.25, 0.3) is 22.4 Å². The number of ether oxygens (including phenoxy) is 1. The number of nitrogens with zero attached hydrogens (tertiary/aromatic N) is 2. The lowest BCUT2D eigenvalue weighted by atomic mass is 10.2. The Bertz CT molecular complexity index is 720. The molecule has 0 spiro atoms. The molecule has 0 saturated heterocycles. The quantitative estimate of drug-likeness (QED) is 0.701. The lowest BCUT2D eigenvalue weighted by molar-refractivity contribution is 0.119. The summed E-state index contributed by atoms with van der Waals surface area (Å²) in [6.07, 6.45) is 2.56. The average Bonchev–Trinajstić information content (AvgIpc) is 3.13. The number of aromatic nitrogens is 2. The minimum atomic E-state index is -0.396. The van der Waals surface area contributed by atoms with E-state index in [1.165, 1.54) is 0 Å². The fraction of sp³-hybridized carbons (Fsp3) is 0.333. The van der Waals surface area contributed by atoms with E-state index in [-0.39, 0.29) is 0 Å². The van der Waals surface area contributed by atoms with Crippen LogP contribution in [0.1, 0.15) is 25.2 Å². The molecule has 6 nitrogen and oxygen atoms in total. The van der Waals surface area contributed by atoms with E-state index in [1.807, 2.05) is 31.2 Å². The molecule has 0 saturated carbocycles. The molecule has 1 aromatic carbocycles. The maximum Gasteiger partial charge on any atom is 0.261 e. The summed E-state index contributed by atoms with van der Waals surface area (Å²) in [4.78, 5) is 4.34. The van der Waals surface area contributed by atoms with Crippen molar-refractivity contribution in [2.75, 3.05) is 13.2 Å². The van der Waals surface area contributed by atoms with Gasteiger partial charge >= 0.3 is 0 Å². The summed E-state index contributed by atoms with van der Waals surface area (Å²) in [6.45, 7) is 3.09. The Balaban J connectivity index is 1.81. The molecular formula is C15H17N3O3. The molecule has 0 radical (unpaired) electrons. The van der Waals surface area contributed by atoms with Gasteiger partial charge in [-0.25, -0.2) is 0 Å². The van der Waals surface area contributed by atoms with Gasteiger partial charge in [0, 0.05) is 12.0 Å². The van der Waals surface area contributed by atoms with E-state index in [0.717, 1.165) is 23.0 Å². The van der Waals surface area contributed by atoms with Gasteiger partial charge in [0.15, 0.2) is 5.82 Å². The molecule has 2 heterocycles. The lowest BCUT2D eigenvalue weighted by Crippen LogP contribution is -2.18. The van der Waals surface area contributed by atoms with Crippen LogP contribution < -0.4 is 5.73 Å². The van der Waals surface area contributed by atoms with Crippen molar-refractivity contribution in [3.05, 3.63) is 36.4 Å². The van der Waals surface area contributed by atoms with Crippen molar-refractivity contribution in [3.63, 3.8) is 0 Å². The molecule has 3 aromatic rings. The highest BCUT2D eigenvalue weighted by molar-refractivity contribution is 5.91. The van der Waals surface area contributed by atoms with E-state index in [1.54, 1.807) is 6.26 Å². The molecule has 2 aromatic heterocycles. The van der Waals surface area contributed by atoms with Gasteiger partial charge in [-0.15, -0.1) is 0 Å². The second-order valence-corrected chi connectivity index (χ2v) is 4.78. The first-order valence-corrected chi connectivity index (χ1v) is 6.93. The molecule has 0 aliphatic rings. The van der Waals surface area contributed by atoms with Crippen LogP contribution in [-0.4, -0.2) is 23.4 Å². The molecule has 0 amide bonds. The normalized spacial score (nSPS) is 12.9.